The van der Waals surface area contributed by atoms with Crippen molar-refractivity contribution in [3.8, 4) is 0 Å². The third kappa shape index (κ3) is 89.7. The van der Waals surface area contributed by atoms with E-state index >= 15 is 0 Å². The van der Waals surface area contributed by atoms with Gasteiger partial charge in [-0.05, 0) is 32.9 Å². The van der Waals surface area contributed by atoms with Crippen LogP contribution in [-0.4, -0.2) is 30.7 Å². The monoisotopic (exact) mass is 149 g/mol. The lowest BCUT2D eigenvalue weighted by atomic mass is 10.7. The minimum absolute atomic E-state index is 0.000000000000000222. The molecule has 0 heterocycles. The van der Waals surface area contributed by atoms with Crippen LogP contribution in [0.1, 0.15) is 6.92 Å². The largest absolute Gasteiger partial charge is 0.377 e. The van der Waals surface area contributed by atoms with Gasteiger partial charge >= 0.3 is 0 Å². The normalized spacial score (nSPS) is 8.00. The van der Waals surface area contributed by atoms with Gasteiger partial charge in [-0.1, -0.05) is 6.92 Å². The maximum absolute atomic E-state index is 4.62. The quantitative estimate of drug-likeness (QED) is 0.505. The molecule has 0 unspecified atom stereocenters. The Kier molecular flexibility index (Phi) is 9.73. The van der Waals surface area contributed by atoms with Crippen molar-refractivity contribution in [1.29, 1.82) is 0 Å². The molecule has 0 bridgehead atoms. The van der Waals surface area contributed by atoms with Gasteiger partial charge in [-0.15, -0.1) is 0 Å². The zero-order valence-corrected chi connectivity index (χ0v) is 7.03. The van der Waals surface area contributed by atoms with E-state index in [9.17, 15) is 0 Å². The lowest BCUT2D eigenvalue weighted by Crippen LogP contribution is -2.18. The van der Waals surface area contributed by atoms with Gasteiger partial charge < -0.3 is 16.4 Å². The van der Waals surface area contributed by atoms with Crippen molar-refractivity contribution < 1.29 is 0 Å². The Bertz CT molecular complexity index is 68.6. The molecule has 0 aromatic rings. The van der Waals surface area contributed by atoms with Gasteiger partial charge in [0.1, 0.15) is 0 Å². The molecule has 0 spiro atoms. The van der Waals surface area contributed by atoms with E-state index in [1.165, 1.54) is 0 Å². The molecule has 0 rings (SSSR count). The molecule has 4 N–H and O–H groups in total. The second kappa shape index (κ2) is 7.65. The molecule has 0 saturated carbocycles. The van der Waals surface area contributed by atoms with Gasteiger partial charge in [-0.3, -0.25) is 0 Å². The lowest BCUT2D eigenvalue weighted by molar-refractivity contribution is 0.434. The summed E-state index contributed by atoms with van der Waals surface area (Å²) in [5, 5.41) is 0.000000000000000222. The number of hydrogen-bond acceptors (Lipinski definition) is 2. The Hall–Kier alpha value is -0.350. The van der Waals surface area contributed by atoms with Gasteiger partial charge in [0.05, 0.1) is 0 Å². The average Bonchev–Trinajstić information content (AvgIpc) is 1.65. The summed E-state index contributed by atoms with van der Waals surface area (Å²) in [4.78, 5) is 2.12. The van der Waals surface area contributed by atoms with Crippen LogP contribution in [0.5, 0.6) is 0 Å². The van der Waals surface area contributed by atoms with Crippen LogP contribution in [0.2, 0.25) is 0 Å². The molecule has 0 aliphatic carbocycles. The Labute approximate surface area is 62.0 Å². The highest BCUT2D eigenvalue weighted by atomic mass is 32.1. The molecule has 56 valence electrons. The molecule has 9 heavy (non-hydrogen) atoms. The second-order valence-corrected chi connectivity index (χ2v) is 2.27. The second-order valence-electron chi connectivity index (χ2n) is 1.80. The number of nitrogens with two attached hydrogens (primary N) is 2. The summed E-state index contributed by atoms with van der Waals surface area (Å²) < 4.78 is 0. The summed E-state index contributed by atoms with van der Waals surface area (Å²) in [6.07, 6.45) is 0. The van der Waals surface area contributed by atoms with Crippen LogP contribution in [0.3, 0.4) is 0 Å². The van der Waals surface area contributed by atoms with Crippen molar-refractivity contribution in [3.05, 3.63) is 0 Å². The first-order chi connectivity index (χ1) is 4.00. The summed E-state index contributed by atoms with van der Waals surface area (Å²) in [5.74, 6) is 0. The number of nitrogens with zero attached hydrogens (tertiary/aromatic N) is 1. The van der Waals surface area contributed by atoms with E-state index in [1.807, 2.05) is 0 Å². The maximum atomic E-state index is 4.62. The van der Waals surface area contributed by atoms with Crippen molar-refractivity contribution in [1.82, 2.24) is 4.90 Å². The van der Waals surface area contributed by atoms with Crippen LogP contribution in [0, 0.1) is 0 Å². The van der Waals surface area contributed by atoms with Crippen LogP contribution in [0.25, 0.3) is 0 Å². The molecule has 0 aromatic carbocycles. The van der Waals surface area contributed by atoms with E-state index < -0.39 is 0 Å². The smallest absolute Gasteiger partial charge is 0.160 e. The zero-order chi connectivity index (χ0) is 7.86. The fourth-order valence-electron chi connectivity index (χ4n) is 0. The fraction of sp³-hybridized carbons (Fsp3) is 0.800. The summed E-state index contributed by atoms with van der Waals surface area (Å²) in [5.41, 5.74) is 9.24. The molecule has 0 radical (unpaired) electrons. The molecule has 0 aliphatic rings. The SMILES string of the molecule is CCN(C)C.NC(N)=S. The van der Waals surface area contributed by atoms with Gasteiger partial charge in [0, 0.05) is 0 Å². The van der Waals surface area contributed by atoms with Crippen molar-refractivity contribution in [3.63, 3.8) is 0 Å². The average molecular weight is 149 g/mol. The molecule has 0 fully saturated rings. The molecule has 0 saturated heterocycles. The summed E-state index contributed by atoms with van der Waals surface area (Å²) >= 11 is 4.09. The predicted molar refractivity (Wildman–Crippen MR) is 45.2 cm³/mol. The molecule has 0 amide bonds. The predicted octanol–water partition coefficient (Wildman–Crippen LogP) is -0.243. The van der Waals surface area contributed by atoms with Crippen molar-refractivity contribution >= 4 is 17.3 Å². The van der Waals surface area contributed by atoms with E-state index in [-0.39, 0.29) is 5.11 Å². The Morgan fingerprint density at radius 3 is 1.56 bits per heavy atom. The highest BCUT2D eigenvalue weighted by Gasteiger charge is 1.72. The Morgan fingerprint density at radius 1 is 1.44 bits per heavy atom. The standard InChI is InChI=1S/C4H11N.CH4N2S/c1-4-5(2)3;2-1(3)4/h4H2,1-3H3;(H4,2,3,4). The molecular weight excluding hydrogens is 134 g/mol. The van der Waals surface area contributed by atoms with E-state index in [0.29, 0.717) is 0 Å². The molecular formula is C5H15N3S. The van der Waals surface area contributed by atoms with Gasteiger partial charge in [-0.25, -0.2) is 0 Å². The van der Waals surface area contributed by atoms with E-state index in [0.717, 1.165) is 6.54 Å². The van der Waals surface area contributed by atoms with Crippen LogP contribution in [0.4, 0.5) is 0 Å². The van der Waals surface area contributed by atoms with Crippen molar-refractivity contribution in [2.75, 3.05) is 20.6 Å². The maximum Gasteiger partial charge on any atom is 0.160 e. The minimum Gasteiger partial charge on any atom is -0.377 e. The van der Waals surface area contributed by atoms with E-state index in [4.69, 9.17) is 0 Å². The van der Waals surface area contributed by atoms with Crippen LogP contribution in [0.15, 0.2) is 0 Å². The van der Waals surface area contributed by atoms with Crippen LogP contribution in [-0.2, 0) is 0 Å². The summed E-state index contributed by atoms with van der Waals surface area (Å²) in [7, 11) is 4.11. The first-order valence-electron chi connectivity index (χ1n) is 2.70. The highest BCUT2D eigenvalue weighted by Crippen LogP contribution is 1.63. The molecule has 0 atom stereocenters. The molecule has 4 heteroatoms. The number of hydrogen-bond donors (Lipinski definition) is 2. The lowest BCUT2D eigenvalue weighted by Gasteiger charge is -2.00. The summed E-state index contributed by atoms with van der Waals surface area (Å²) in [6.45, 7) is 3.26. The molecule has 0 aliphatic heterocycles. The van der Waals surface area contributed by atoms with Crippen molar-refractivity contribution in [2.24, 2.45) is 11.5 Å². The van der Waals surface area contributed by atoms with Gasteiger partial charge in [0.15, 0.2) is 5.11 Å². The topological polar surface area (TPSA) is 55.3 Å². The molecule has 3 nitrogen and oxygen atoms in total. The van der Waals surface area contributed by atoms with Gasteiger partial charge in [0.2, 0.25) is 0 Å². The summed E-state index contributed by atoms with van der Waals surface area (Å²) in [6, 6.07) is 0. The Morgan fingerprint density at radius 2 is 1.56 bits per heavy atom. The molecule has 0 aromatic heterocycles. The fourth-order valence-corrected chi connectivity index (χ4v) is 0. The van der Waals surface area contributed by atoms with E-state index in [2.05, 4.69) is 49.6 Å². The van der Waals surface area contributed by atoms with Crippen LogP contribution < -0.4 is 11.5 Å². The first-order valence-corrected chi connectivity index (χ1v) is 3.11. The number of thiocarbonyl (C=S) groups is 1. The van der Waals surface area contributed by atoms with Gasteiger partial charge in [-0.2, -0.15) is 0 Å². The van der Waals surface area contributed by atoms with Crippen LogP contribution >= 0.6 is 12.2 Å². The first kappa shape index (κ1) is 11.4. The van der Waals surface area contributed by atoms with E-state index in [1.54, 1.807) is 0 Å². The third-order valence-electron chi connectivity index (χ3n) is 0.632. The highest BCUT2D eigenvalue weighted by molar-refractivity contribution is 7.80. The Balaban J connectivity index is 0. The van der Waals surface area contributed by atoms with Gasteiger partial charge in [0.25, 0.3) is 0 Å². The number of rotatable bonds is 1. The minimum atomic E-state index is 0.000000000000000222. The zero-order valence-electron chi connectivity index (χ0n) is 6.22. The van der Waals surface area contributed by atoms with Crippen molar-refractivity contribution in [2.45, 2.75) is 6.92 Å². The third-order valence-corrected chi connectivity index (χ3v) is 0.632.